The molecule has 14 heteroatoms. The number of carbonyl (C=O) groups excluding carboxylic acids is 2. The molecule has 4 aliphatic rings. The molecule has 2 fully saturated rings. The Morgan fingerprint density at radius 1 is 0.697 bits per heavy atom. The minimum atomic E-state index is -0.191. The molecule has 0 spiro atoms. The molecule has 5 atom stereocenters. The van der Waals surface area contributed by atoms with E-state index in [2.05, 4.69) is 59.4 Å². The molecule has 0 radical (unpaired) electrons. The summed E-state index contributed by atoms with van der Waals surface area (Å²) in [5.41, 5.74) is 9.54. The van der Waals surface area contributed by atoms with E-state index in [9.17, 15) is 19.8 Å². The van der Waals surface area contributed by atoms with Gasteiger partial charge in [-0.2, -0.15) is 0 Å². The second-order valence-electron chi connectivity index (χ2n) is 17.6. The molecule has 6 aromatic rings. The first-order chi connectivity index (χ1) is 32.2. The standard InChI is InChI=1S/C52H50Cl2N6O4S2/c1-3-48(63)57-25-41(40-21-45(53)65-43(40)27-57)38-13-7-5-11-36(38)31-16-18-47(56-23-31)60-24-33(20-35(60)30-62)50-51-42(26-58(49(64)4-2)28-44(51)66-52(50)54)39-14-8-6-12-37(39)32-15-17-46(55-22-32)59-19-9-10-34(59)29-61/h3-8,11-18,21-23,33-35,41-42,61-62H,1-2,9-10,19-20,24-30H2/t33?,34-,35-,41+,42-/m0/s1. The zero-order valence-corrected chi connectivity index (χ0v) is 39.5. The van der Waals surface area contributed by atoms with E-state index in [0.29, 0.717) is 47.8 Å². The number of halogens is 2. The van der Waals surface area contributed by atoms with Gasteiger partial charge >= 0.3 is 0 Å². The summed E-state index contributed by atoms with van der Waals surface area (Å²) in [5.74, 6) is 1.13. The fourth-order valence-electron chi connectivity index (χ4n) is 10.9. The van der Waals surface area contributed by atoms with E-state index in [1.807, 2.05) is 64.7 Å². The lowest BCUT2D eigenvalue weighted by Crippen LogP contribution is -2.37. The Balaban J connectivity index is 0.960. The van der Waals surface area contributed by atoms with E-state index in [0.717, 1.165) is 90.8 Å². The Kier molecular flexibility index (Phi) is 12.6. The van der Waals surface area contributed by atoms with Crippen molar-refractivity contribution in [1.82, 2.24) is 19.8 Å². The number of aromatic nitrogens is 2. The van der Waals surface area contributed by atoms with Crippen LogP contribution in [0.4, 0.5) is 11.6 Å². The highest BCUT2D eigenvalue weighted by molar-refractivity contribution is 7.16. The quantitative estimate of drug-likeness (QED) is 0.124. The molecule has 4 aliphatic heterocycles. The van der Waals surface area contributed by atoms with Gasteiger partial charge in [-0.25, -0.2) is 9.97 Å². The first-order valence-electron chi connectivity index (χ1n) is 22.4. The Morgan fingerprint density at radius 3 is 1.89 bits per heavy atom. The lowest BCUT2D eigenvalue weighted by molar-refractivity contribution is -0.127. The van der Waals surface area contributed by atoms with Crippen molar-refractivity contribution in [3.05, 3.63) is 163 Å². The van der Waals surface area contributed by atoms with Gasteiger partial charge in [-0.1, -0.05) is 84.9 Å². The van der Waals surface area contributed by atoms with Crippen LogP contribution in [0, 0.1) is 0 Å². The van der Waals surface area contributed by atoms with Crippen LogP contribution in [0.25, 0.3) is 22.3 Å². The summed E-state index contributed by atoms with van der Waals surface area (Å²) in [6.07, 6.45) is 9.23. The molecule has 0 bridgehead atoms. The number of hydrogen-bond acceptors (Lipinski definition) is 10. The maximum atomic E-state index is 13.3. The third-order valence-electron chi connectivity index (χ3n) is 14.0. The van der Waals surface area contributed by atoms with Crippen LogP contribution in [0.15, 0.2) is 117 Å². The van der Waals surface area contributed by atoms with E-state index in [1.165, 1.54) is 23.5 Å². The normalized spacial score (nSPS) is 21.5. The van der Waals surface area contributed by atoms with Crippen LogP contribution in [-0.2, 0) is 22.7 Å². The van der Waals surface area contributed by atoms with Crippen molar-refractivity contribution in [3.8, 4) is 22.3 Å². The Hall–Kier alpha value is -5.34. The number of carbonyl (C=O) groups is 2. The predicted molar refractivity (Wildman–Crippen MR) is 266 cm³/mol. The lowest BCUT2D eigenvalue weighted by Gasteiger charge is -2.35. The number of pyridine rings is 2. The van der Waals surface area contributed by atoms with Crippen molar-refractivity contribution in [3.63, 3.8) is 0 Å². The average molecular weight is 958 g/mol. The number of fused-ring (bicyclic) bond motifs is 2. The molecule has 0 saturated carbocycles. The number of amides is 2. The number of rotatable bonds is 11. The first kappa shape index (κ1) is 44.5. The largest absolute Gasteiger partial charge is 0.394 e. The Labute approximate surface area is 403 Å². The number of aliphatic hydroxyl groups is 2. The summed E-state index contributed by atoms with van der Waals surface area (Å²) in [5, 5.41) is 20.9. The van der Waals surface area contributed by atoms with Crippen LogP contribution < -0.4 is 9.80 Å². The van der Waals surface area contributed by atoms with Crippen LogP contribution in [0.5, 0.6) is 0 Å². The molecule has 2 N–H and O–H groups in total. The van der Waals surface area contributed by atoms with E-state index in [-0.39, 0.29) is 54.9 Å². The van der Waals surface area contributed by atoms with Gasteiger partial charge < -0.3 is 29.8 Å². The van der Waals surface area contributed by atoms with Crippen molar-refractivity contribution >= 4 is 69.3 Å². The number of hydrogen-bond donors (Lipinski definition) is 2. The smallest absolute Gasteiger partial charge is 0.246 e. The molecule has 2 amide bonds. The van der Waals surface area contributed by atoms with E-state index >= 15 is 0 Å². The van der Waals surface area contributed by atoms with Crippen molar-refractivity contribution in [2.24, 2.45) is 0 Å². The fraction of sp³-hybridized carbons (Fsp3) is 0.308. The van der Waals surface area contributed by atoms with Gasteiger partial charge in [0.05, 0.1) is 47.1 Å². The second kappa shape index (κ2) is 18.7. The predicted octanol–water partition coefficient (Wildman–Crippen LogP) is 9.88. The van der Waals surface area contributed by atoms with Crippen LogP contribution in [0.2, 0.25) is 8.67 Å². The van der Waals surface area contributed by atoms with E-state index in [1.54, 1.807) is 11.3 Å². The average Bonchev–Trinajstić information content (AvgIpc) is 4.17. The molecule has 1 unspecified atom stereocenters. The molecular weight excluding hydrogens is 908 g/mol. The summed E-state index contributed by atoms with van der Waals surface area (Å²) in [6, 6.07) is 26.8. The van der Waals surface area contributed by atoms with Gasteiger partial charge in [0.2, 0.25) is 11.8 Å². The van der Waals surface area contributed by atoms with E-state index in [4.69, 9.17) is 33.2 Å². The molecule has 4 aromatic heterocycles. The lowest BCUT2D eigenvalue weighted by atomic mass is 9.79. The highest BCUT2D eigenvalue weighted by Crippen LogP contribution is 2.51. The Bertz CT molecular complexity index is 2810. The van der Waals surface area contributed by atoms with Crippen LogP contribution in [0.1, 0.15) is 74.6 Å². The van der Waals surface area contributed by atoms with Crippen LogP contribution in [0.3, 0.4) is 0 Å². The summed E-state index contributed by atoms with van der Waals surface area (Å²) in [6.45, 7) is 11.0. The summed E-state index contributed by atoms with van der Waals surface area (Å²) >= 11 is 17.0. The second-order valence-corrected chi connectivity index (χ2v) is 21.1. The number of thiophene rings is 2. The molecule has 8 heterocycles. The summed E-state index contributed by atoms with van der Waals surface area (Å²) in [7, 11) is 0. The van der Waals surface area contributed by atoms with Gasteiger partial charge in [-0.05, 0) is 101 Å². The molecular formula is C52H50Cl2N6O4S2. The number of aliphatic hydroxyl groups excluding tert-OH is 2. The SMILES string of the molecule is C=CC(=O)N1Cc2sc(Cl)cc2[C@@H](c2ccccc2-c2ccc(N3CC(c4c(Cl)sc5c4[C@H](c4ccccc4-c4ccc(N6CCC[C@H]6CO)nc4)CN(C(=O)C=C)C5)C[C@H]3CO)nc2)C1. The van der Waals surface area contributed by atoms with Gasteiger partial charge in [0.25, 0.3) is 0 Å². The highest BCUT2D eigenvalue weighted by atomic mass is 35.5. The maximum Gasteiger partial charge on any atom is 0.246 e. The number of benzene rings is 2. The molecule has 2 aromatic carbocycles. The van der Waals surface area contributed by atoms with Gasteiger partial charge in [0.15, 0.2) is 0 Å². The molecule has 338 valence electrons. The van der Waals surface area contributed by atoms with E-state index < -0.39 is 0 Å². The van der Waals surface area contributed by atoms with Crippen LogP contribution >= 0.6 is 45.9 Å². The van der Waals surface area contributed by atoms with Gasteiger partial charge in [0.1, 0.15) is 11.6 Å². The zero-order valence-electron chi connectivity index (χ0n) is 36.4. The number of nitrogens with zero attached hydrogens (tertiary/aromatic N) is 6. The topological polar surface area (TPSA) is 113 Å². The minimum Gasteiger partial charge on any atom is -0.394 e. The molecule has 66 heavy (non-hydrogen) atoms. The maximum absolute atomic E-state index is 13.3. The van der Waals surface area contributed by atoms with Crippen molar-refractivity contribution in [2.75, 3.05) is 49.2 Å². The number of anilines is 2. The molecule has 2 saturated heterocycles. The Morgan fingerprint density at radius 2 is 1.29 bits per heavy atom. The third-order valence-corrected chi connectivity index (χ3v) is 16.7. The van der Waals surface area contributed by atoms with Crippen molar-refractivity contribution in [1.29, 1.82) is 0 Å². The monoisotopic (exact) mass is 956 g/mol. The van der Waals surface area contributed by atoms with Crippen LogP contribution in [-0.4, -0.2) is 93.3 Å². The zero-order chi connectivity index (χ0) is 45.6. The summed E-state index contributed by atoms with van der Waals surface area (Å²) in [4.78, 5) is 46.4. The fourth-order valence-corrected chi connectivity index (χ4v) is 13.9. The molecule has 10 rings (SSSR count). The van der Waals surface area contributed by atoms with Gasteiger partial charge in [0, 0.05) is 77.2 Å². The highest BCUT2D eigenvalue weighted by Gasteiger charge is 2.42. The minimum absolute atomic E-state index is 0.00629. The third kappa shape index (κ3) is 8.15. The summed E-state index contributed by atoms with van der Waals surface area (Å²) < 4.78 is 1.41. The van der Waals surface area contributed by atoms with Crippen molar-refractivity contribution < 1.29 is 19.8 Å². The first-order valence-corrected chi connectivity index (χ1v) is 24.8. The van der Waals surface area contributed by atoms with Gasteiger partial charge in [-0.15, -0.1) is 22.7 Å². The van der Waals surface area contributed by atoms with Crippen molar-refractivity contribution in [2.45, 2.75) is 62.2 Å². The molecule has 10 nitrogen and oxygen atoms in total. The van der Waals surface area contributed by atoms with Gasteiger partial charge in [-0.3, -0.25) is 9.59 Å². The molecule has 0 aliphatic carbocycles.